The van der Waals surface area contributed by atoms with Crippen molar-refractivity contribution in [2.45, 2.75) is 39.7 Å². The van der Waals surface area contributed by atoms with E-state index in [1.807, 2.05) is 20.8 Å². The van der Waals surface area contributed by atoms with E-state index >= 15 is 0 Å². The van der Waals surface area contributed by atoms with Gasteiger partial charge in [-0.05, 0) is 75.7 Å². The topological polar surface area (TPSA) is 56.2 Å². The van der Waals surface area contributed by atoms with E-state index in [1.54, 1.807) is 16.8 Å². The Morgan fingerprint density at radius 3 is 2.24 bits per heavy atom. The number of aryl methyl sites for hydroxylation is 1. The number of halogens is 2. The molecular weight excluding hydrogens is 376 g/mol. The van der Waals surface area contributed by atoms with E-state index in [-0.39, 0.29) is 30.0 Å². The van der Waals surface area contributed by atoms with Gasteiger partial charge in [0.15, 0.2) is 0 Å². The van der Waals surface area contributed by atoms with E-state index in [9.17, 15) is 13.6 Å². The third-order valence-electron chi connectivity index (χ3n) is 4.29. The van der Waals surface area contributed by atoms with Gasteiger partial charge in [0.05, 0.1) is 11.4 Å². The fraction of sp³-hybridized carbons (Fsp3) is 0.273. The Hall–Kier alpha value is -3.22. The zero-order valence-corrected chi connectivity index (χ0v) is 16.6. The maximum atomic E-state index is 13.3. The van der Waals surface area contributed by atoms with Crippen LogP contribution in [0, 0.1) is 18.6 Å². The van der Waals surface area contributed by atoms with Gasteiger partial charge in [0.1, 0.15) is 17.4 Å². The molecule has 1 amide bonds. The number of rotatable bonds is 7. The van der Waals surface area contributed by atoms with Gasteiger partial charge in [-0.2, -0.15) is 5.10 Å². The van der Waals surface area contributed by atoms with E-state index in [1.165, 1.54) is 36.4 Å². The van der Waals surface area contributed by atoms with Crippen molar-refractivity contribution in [1.82, 2.24) is 15.1 Å². The van der Waals surface area contributed by atoms with Crippen LogP contribution in [0.5, 0.6) is 11.6 Å². The summed E-state index contributed by atoms with van der Waals surface area (Å²) in [6, 6.07) is 11.5. The summed E-state index contributed by atoms with van der Waals surface area (Å²) in [7, 11) is 0. The largest absolute Gasteiger partial charge is 0.439 e. The van der Waals surface area contributed by atoms with Gasteiger partial charge in [0.2, 0.25) is 11.8 Å². The van der Waals surface area contributed by atoms with Crippen molar-refractivity contribution in [1.29, 1.82) is 0 Å². The molecule has 0 radical (unpaired) electrons. The van der Waals surface area contributed by atoms with Crippen LogP contribution in [0.4, 0.5) is 8.78 Å². The maximum Gasteiger partial charge on any atom is 0.226 e. The van der Waals surface area contributed by atoms with E-state index in [0.29, 0.717) is 29.4 Å². The summed E-state index contributed by atoms with van der Waals surface area (Å²) in [4.78, 5) is 12.1. The smallest absolute Gasteiger partial charge is 0.226 e. The van der Waals surface area contributed by atoms with Crippen molar-refractivity contribution in [3.05, 3.63) is 71.4 Å². The van der Waals surface area contributed by atoms with Crippen LogP contribution < -0.4 is 10.1 Å². The van der Waals surface area contributed by atoms with Gasteiger partial charge in [-0.25, -0.2) is 13.5 Å². The summed E-state index contributed by atoms with van der Waals surface area (Å²) in [5.41, 5.74) is 2.07. The molecular formula is C22H23F2N3O2. The Morgan fingerprint density at radius 1 is 1.07 bits per heavy atom. The van der Waals surface area contributed by atoms with Crippen molar-refractivity contribution in [3.63, 3.8) is 0 Å². The van der Waals surface area contributed by atoms with Gasteiger partial charge in [0, 0.05) is 18.0 Å². The molecule has 0 saturated carbocycles. The van der Waals surface area contributed by atoms with Crippen molar-refractivity contribution in [2.75, 3.05) is 0 Å². The van der Waals surface area contributed by atoms with E-state index < -0.39 is 0 Å². The molecule has 0 unspecified atom stereocenters. The maximum absolute atomic E-state index is 13.3. The molecule has 7 heteroatoms. The lowest BCUT2D eigenvalue weighted by atomic mass is 10.1. The highest BCUT2D eigenvalue weighted by molar-refractivity contribution is 5.76. The quantitative estimate of drug-likeness (QED) is 0.626. The van der Waals surface area contributed by atoms with Crippen LogP contribution >= 0.6 is 0 Å². The standard InChI is InChI=1S/C22H23F2N3O2/c1-14(2)25-21(28)13-12-20-15(3)26-27(18-8-4-16(23)5-9-18)22(20)29-19-10-6-17(24)7-11-19/h4-11,14H,12-13H2,1-3H3,(H,25,28). The number of hydrogen-bond acceptors (Lipinski definition) is 3. The number of benzene rings is 2. The molecule has 152 valence electrons. The van der Waals surface area contributed by atoms with Gasteiger partial charge in [-0.1, -0.05) is 0 Å². The predicted octanol–water partition coefficient (Wildman–Crippen LogP) is 4.71. The fourth-order valence-electron chi connectivity index (χ4n) is 2.94. The number of amides is 1. The minimum atomic E-state index is -0.369. The molecule has 1 aromatic heterocycles. The van der Waals surface area contributed by atoms with Crippen LogP contribution in [0.1, 0.15) is 31.5 Å². The summed E-state index contributed by atoms with van der Waals surface area (Å²) in [5.74, 6) is 0.0534. The molecule has 0 fully saturated rings. The summed E-state index contributed by atoms with van der Waals surface area (Å²) < 4.78 is 34.2. The normalized spacial score (nSPS) is 11.0. The number of hydrogen-bond donors (Lipinski definition) is 1. The lowest BCUT2D eigenvalue weighted by Crippen LogP contribution is -2.30. The molecule has 3 aromatic rings. The molecule has 0 aliphatic heterocycles. The predicted molar refractivity (Wildman–Crippen MR) is 106 cm³/mol. The zero-order valence-electron chi connectivity index (χ0n) is 16.6. The van der Waals surface area contributed by atoms with Crippen LogP contribution in [-0.2, 0) is 11.2 Å². The molecule has 0 spiro atoms. The zero-order chi connectivity index (χ0) is 21.0. The highest BCUT2D eigenvalue weighted by atomic mass is 19.1. The SMILES string of the molecule is Cc1nn(-c2ccc(F)cc2)c(Oc2ccc(F)cc2)c1CCC(=O)NC(C)C. The lowest BCUT2D eigenvalue weighted by Gasteiger charge is -2.12. The Bertz CT molecular complexity index is 981. The number of nitrogens with zero attached hydrogens (tertiary/aromatic N) is 2. The van der Waals surface area contributed by atoms with Crippen LogP contribution in [0.2, 0.25) is 0 Å². The summed E-state index contributed by atoms with van der Waals surface area (Å²) in [6.45, 7) is 5.63. The van der Waals surface area contributed by atoms with E-state index in [0.717, 1.165) is 5.56 Å². The van der Waals surface area contributed by atoms with Crippen molar-refractivity contribution < 1.29 is 18.3 Å². The first-order chi connectivity index (χ1) is 13.8. The average molecular weight is 399 g/mol. The molecule has 0 saturated heterocycles. The molecule has 0 aliphatic rings. The number of ether oxygens (including phenoxy) is 1. The van der Waals surface area contributed by atoms with Gasteiger partial charge >= 0.3 is 0 Å². The van der Waals surface area contributed by atoms with Gasteiger partial charge in [-0.3, -0.25) is 4.79 Å². The first kappa shape index (κ1) is 20.5. The Morgan fingerprint density at radius 2 is 1.66 bits per heavy atom. The van der Waals surface area contributed by atoms with Crippen molar-refractivity contribution >= 4 is 5.91 Å². The first-order valence-electron chi connectivity index (χ1n) is 9.40. The molecule has 5 nitrogen and oxygen atoms in total. The second-order valence-electron chi connectivity index (χ2n) is 7.04. The highest BCUT2D eigenvalue weighted by Gasteiger charge is 2.20. The molecule has 29 heavy (non-hydrogen) atoms. The molecule has 2 aromatic carbocycles. The molecule has 0 aliphatic carbocycles. The van der Waals surface area contributed by atoms with Crippen molar-refractivity contribution in [2.24, 2.45) is 0 Å². The Balaban J connectivity index is 1.96. The Kier molecular flexibility index (Phi) is 6.26. The average Bonchev–Trinajstić information content (AvgIpc) is 2.97. The second-order valence-corrected chi connectivity index (χ2v) is 7.04. The summed E-state index contributed by atoms with van der Waals surface area (Å²) >= 11 is 0. The van der Waals surface area contributed by atoms with Crippen LogP contribution in [0.15, 0.2) is 48.5 Å². The highest BCUT2D eigenvalue weighted by Crippen LogP contribution is 2.31. The number of aromatic nitrogens is 2. The third-order valence-corrected chi connectivity index (χ3v) is 4.29. The van der Waals surface area contributed by atoms with Gasteiger partial charge < -0.3 is 10.1 Å². The molecule has 0 bridgehead atoms. The summed E-state index contributed by atoms with van der Waals surface area (Å²) in [5, 5.41) is 7.39. The van der Waals surface area contributed by atoms with Gasteiger partial charge in [-0.15, -0.1) is 0 Å². The summed E-state index contributed by atoms with van der Waals surface area (Å²) in [6.07, 6.45) is 0.690. The fourth-order valence-corrected chi connectivity index (χ4v) is 2.94. The molecule has 1 heterocycles. The van der Waals surface area contributed by atoms with Crippen LogP contribution in [-0.4, -0.2) is 21.7 Å². The van der Waals surface area contributed by atoms with E-state index in [4.69, 9.17) is 4.74 Å². The number of carbonyl (C=O) groups is 1. The minimum absolute atomic E-state index is 0.0560. The van der Waals surface area contributed by atoms with E-state index in [2.05, 4.69) is 10.4 Å². The molecule has 0 atom stereocenters. The minimum Gasteiger partial charge on any atom is -0.439 e. The van der Waals surface area contributed by atoms with Crippen LogP contribution in [0.25, 0.3) is 5.69 Å². The Labute approximate surface area is 168 Å². The molecule has 1 N–H and O–H groups in total. The number of nitrogens with one attached hydrogen (secondary N) is 1. The van der Waals surface area contributed by atoms with Crippen LogP contribution in [0.3, 0.4) is 0 Å². The van der Waals surface area contributed by atoms with Gasteiger partial charge in [0.25, 0.3) is 0 Å². The second kappa shape index (κ2) is 8.86. The third kappa shape index (κ3) is 5.19. The van der Waals surface area contributed by atoms with Crippen molar-refractivity contribution in [3.8, 4) is 17.3 Å². The monoisotopic (exact) mass is 399 g/mol. The first-order valence-corrected chi connectivity index (χ1v) is 9.40. The lowest BCUT2D eigenvalue weighted by molar-refractivity contribution is -0.121. The molecule has 3 rings (SSSR count). The number of carbonyl (C=O) groups excluding carboxylic acids is 1.